The van der Waals surface area contributed by atoms with Gasteiger partial charge in [0.05, 0.1) is 18.4 Å². The van der Waals surface area contributed by atoms with Crippen molar-refractivity contribution >= 4 is 11.9 Å². The summed E-state index contributed by atoms with van der Waals surface area (Å²) in [7, 11) is 1.30. The largest absolute Gasteiger partial charge is 0.468 e. The van der Waals surface area contributed by atoms with Crippen LogP contribution in [-0.4, -0.2) is 28.8 Å². The Bertz CT molecular complexity index is 937. The minimum absolute atomic E-state index is 0.0165. The summed E-state index contributed by atoms with van der Waals surface area (Å²) in [6.45, 7) is 3.80. The van der Waals surface area contributed by atoms with Gasteiger partial charge < -0.3 is 10.1 Å². The second-order valence-corrected chi connectivity index (χ2v) is 7.17. The monoisotopic (exact) mass is 409 g/mol. The smallest absolute Gasteiger partial charge is 0.416 e. The number of esters is 1. The van der Waals surface area contributed by atoms with E-state index in [0.717, 1.165) is 23.4 Å². The summed E-state index contributed by atoms with van der Waals surface area (Å²) < 4.78 is 44.8. The molecule has 1 amide bonds. The van der Waals surface area contributed by atoms with Crippen molar-refractivity contribution in [1.82, 2.24) is 15.1 Å². The number of ether oxygens (including phenoxy) is 1. The van der Waals surface area contributed by atoms with E-state index < -0.39 is 17.7 Å². The Balaban J connectivity index is 1.61. The van der Waals surface area contributed by atoms with Gasteiger partial charge in [0, 0.05) is 23.7 Å². The third-order valence-electron chi connectivity index (χ3n) is 5.25. The molecule has 9 heteroatoms. The molecule has 156 valence electrons. The molecule has 1 saturated carbocycles. The Morgan fingerprint density at radius 3 is 2.69 bits per heavy atom. The second kappa shape index (κ2) is 7.88. The molecular weight excluding hydrogens is 387 g/mol. The van der Waals surface area contributed by atoms with Crippen LogP contribution in [0.25, 0.3) is 0 Å². The van der Waals surface area contributed by atoms with E-state index in [1.807, 2.05) is 0 Å². The average molecular weight is 409 g/mol. The van der Waals surface area contributed by atoms with Crippen LogP contribution in [0.1, 0.15) is 40.4 Å². The molecule has 3 rings (SSSR count). The number of aromatic nitrogens is 2. The Kier molecular flexibility index (Phi) is 5.68. The van der Waals surface area contributed by atoms with Gasteiger partial charge in [-0.1, -0.05) is 18.2 Å². The maximum atomic E-state index is 12.9. The molecule has 2 aromatic rings. The van der Waals surface area contributed by atoms with Crippen molar-refractivity contribution < 1.29 is 27.5 Å². The standard InChI is InChI=1S/C20H22F3N3O3/c1-11-17(12(2)26(25-11)10-18(27)29-3)9-24-19(28)16-8-15(16)13-5-4-6-14(7-13)20(21,22)23/h4-7,15-16H,8-10H2,1-3H3,(H,24,28)/t15-,16-/m0/s1. The zero-order chi connectivity index (χ0) is 21.3. The normalized spacial score (nSPS) is 18.4. The molecule has 0 spiro atoms. The summed E-state index contributed by atoms with van der Waals surface area (Å²) in [5.74, 6) is -1.18. The summed E-state index contributed by atoms with van der Waals surface area (Å²) in [6, 6.07) is 5.13. The first-order valence-electron chi connectivity index (χ1n) is 9.16. The molecule has 1 N–H and O–H groups in total. The lowest BCUT2D eigenvalue weighted by molar-refractivity contribution is -0.141. The summed E-state index contributed by atoms with van der Waals surface area (Å²) in [6.07, 6.45) is -3.88. The summed E-state index contributed by atoms with van der Waals surface area (Å²) in [5.41, 5.74) is 2.07. The van der Waals surface area contributed by atoms with Gasteiger partial charge in [0.2, 0.25) is 5.91 Å². The zero-order valence-corrected chi connectivity index (χ0v) is 16.3. The van der Waals surface area contributed by atoms with Crippen molar-refractivity contribution in [1.29, 1.82) is 0 Å². The number of benzene rings is 1. The highest BCUT2D eigenvalue weighted by Crippen LogP contribution is 2.48. The predicted octanol–water partition coefficient (Wildman–Crippen LogP) is 3.11. The Morgan fingerprint density at radius 1 is 1.31 bits per heavy atom. The molecule has 1 aliphatic carbocycles. The highest BCUT2D eigenvalue weighted by Gasteiger charge is 2.44. The molecule has 0 radical (unpaired) electrons. The van der Waals surface area contributed by atoms with E-state index in [0.29, 0.717) is 17.7 Å². The Hall–Kier alpha value is -2.84. The van der Waals surface area contributed by atoms with E-state index in [9.17, 15) is 22.8 Å². The first-order valence-corrected chi connectivity index (χ1v) is 9.16. The molecule has 2 atom stereocenters. The van der Waals surface area contributed by atoms with Crippen LogP contribution >= 0.6 is 0 Å². The number of hydrogen-bond donors (Lipinski definition) is 1. The summed E-state index contributed by atoms with van der Waals surface area (Å²) >= 11 is 0. The molecule has 0 bridgehead atoms. The fourth-order valence-electron chi connectivity index (χ4n) is 3.44. The maximum absolute atomic E-state index is 12.9. The van der Waals surface area contributed by atoms with Crippen molar-refractivity contribution in [2.24, 2.45) is 5.92 Å². The quantitative estimate of drug-likeness (QED) is 0.744. The fourth-order valence-corrected chi connectivity index (χ4v) is 3.44. The van der Waals surface area contributed by atoms with Crippen molar-refractivity contribution in [2.45, 2.75) is 45.5 Å². The van der Waals surface area contributed by atoms with E-state index in [-0.39, 0.29) is 30.8 Å². The zero-order valence-electron chi connectivity index (χ0n) is 16.3. The molecule has 1 fully saturated rings. The number of methoxy groups -OCH3 is 1. The van der Waals surface area contributed by atoms with Gasteiger partial charge in [-0.05, 0) is 37.8 Å². The van der Waals surface area contributed by atoms with Crippen LogP contribution in [0.5, 0.6) is 0 Å². The molecule has 0 aliphatic heterocycles. The van der Waals surface area contributed by atoms with Crippen LogP contribution in [0.3, 0.4) is 0 Å². The minimum Gasteiger partial charge on any atom is -0.468 e. The van der Waals surface area contributed by atoms with Gasteiger partial charge in [0.25, 0.3) is 0 Å². The van der Waals surface area contributed by atoms with Gasteiger partial charge in [-0.3, -0.25) is 14.3 Å². The SMILES string of the molecule is COC(=O)Cn1nc(C)c(CNC(=O)[C@H]2C[C@H]2c2cccc(C(F)(F)F)c2)c1C. The summed E-state index contributed by atoms with van der Waals surface area (Å²) in [4.78, 5) is 23.9. The van der Waals surface area contributed by atoms with Crippen LogP contribution in [0, 0.1) is 19.8 Å². The number of nitrogens with zero attached hydrogens (tertiary/aromatic N) is 2. The number of hydrogen-bond acceptors (Lipinski definition) is 4. The third kappa shape index (κ3) is 4.60. The molecule has 0 saturated heterocycles. The van der Waals surface area contributed by atoms with Gasteiger partial charge >= 0.3 is 12.1 Å². The topological polar surface area (TPSA) is 73.2 Å². The number of rotatable bonds is 6. The second-order valence-electron chi connectivity index (χ2n) is 7.17. The molecule has 1 heterocycles. The number of nitrogens with one attached hydrogen (secondary N) is 1. The number of halogens is 3. The van der Waals surface area contributed by atoms with E-state index in [2.05, 4.69) is 15.2 Å². The molecule has 1 aliphatic rings. The first kappa shape index (κ1) is 20.9. The number of aryl methyl sites for hydroxylation is 1. The first-order chi connectivity index (χ1) is 13.6. The van der Waals surface area contributed by atoms with E-state index >= 15 is 0 Å². The molecule has 6 nitrogen and oxygen atoms in total. The number of alkyl halides is 3. The average Bonchev–Trinajstić information content (AvgIpc) is 3.42. The van der Waals surface area contributed by atoms with Gasteiger partial charge in [-0.2, -0.15) is 18.3 Å². The van der Waals surface area contributed by atoms with Crippen LogP contribution in [-0.2, 0) is 33.6 Å². The van der Waals surface area contributed by atoms with Crippen LogP contribution in [0.4, 0.5) is 13.2 Å². The van der Waals surface area contributed by atoms with E-state index in [1.54, 1.807) is 19.9 Å². The van der Waals surface area contributed by atoms with Gasteiger partial charge in [-0.15, -0.1) is 0 Å². The maximum Gasteiger partial charge on any atom is 0.416 e. The number of carbonyl (C=O) groups excluding carboxylic acids is 2. The van der Waals surface area contributed by atoms with Crippen molar-refractivity contribution in [3.63, 3.8) is 0 Å². The molecular formula is C20H22F3N3O3. The lowest BCUT2D eigenvalue weighted by Crippen LogP contribution is -2.25. The van der Waals surface area contributed by atoms with E-state index in [4.69, 9.17) is 0 Å². The lowest BCUT2D eigenvalue weighted by Gasteiger charge is -2.09. The minimum atomic E-state index is -4.40. The predicted molar refractivity (Wildman–Crippen MR) is 97.9 cm³/mol. The summed E-state index contributed by atoms with van der Waals surface area (Å²) in [5, 5.41) is 7.13. The Morgan fingerprint density at radius 2 is 2.03 bits per heavy atom. The van der Waals surface area contributed by atoms with Gasteiger partial charge in [0.15, 0.2) is 0 Å². The van der Waals surface area contributed by atoms with Crippen molar-refractivity contribution in [3.05, 3.63) is 52.3 Å². The highest BCUT2D eigenvalue weighted by atomic mass is 19.4. The highest BCUT2D eigenvalue weighted by molar-refractivity contribution is 5.83. The van der Waals surface area contributed by atoms with E-state index in [1.165, 1.54) is 17.9 Å². The van der Waals surface area contributed by atoms with Crippen LogP contribution in [0.2, 0.25) is 0 Å². The third-order valence-corrected chi connectivity index (χ3v) is 5.25. The van der Waals surface area contributed by atoms with Crippen molar-refractivity contribution in [3.8, 4) is 0 Å². The van der Waals surface area contributed by atoms with Crippen LogP contribution in [0.15, 0.2) is 24.3 Å². The van der Waals surface area contributed by atoms with Gasteiger partial charge in [0.1, 0.15) is 6.54 Å². The Labute approximate surface area is 166 Å². The van der Waals surface area contributed by atoms with Crippen LogP contribution < -0.4 is 5.32 Å². The number of carbonyl (C=O) groups is 2. The molecule has 1 aromatic heterocycles. The molecule has 29 heavy (non-hydrogen) atoms. The van der Waals surface area contributed by atoms with Crippen molar-refractivity contribution in [2.75, 3.05) is 7.11 Å². The molecule has 1 aromatic carbocycles. The fraction of sp³-hybridized carbons (Fsp3) is 0.450. The van der Waals surface area contributed by atoms with Gasteiger partial charge in [-0.25, -0.2) is 0 Å². The lowest BCUT2D eigenvalue weighted by atomic mass is 10.1. The molecule has 0 unspecified atom stereocenters. The number of amides is 1.